The van der Waals surface area contributed by atoms with Crippen molar-refractivity contribution in [2.45, 2.75) is 228 Å². The second-order valence-corrected chi connectivity index (χ2v) is 31.1. The normalized spacial score (nSPS) is 29.5. The van der Waals surface area contributed by atoms with Crippen LogP contribution in [0, 0.1) is 52.3 Å². The number of benzene rings is 1. The van der Waals surface area contributed by atoms with E-state index in [1.54, 1.807) is 0 Å². The van der Waals surface area contributed by atoms with Gasteiger partial charge in [-0.1, -0.05) is 73.6 Å². The maximum absolute atomic E-state index is 14.0. The molecule has 0 aliphatic heterocycles. The third kappa shape index (κ3) is 14.5. The van der Waals surface area contributed by atoms with Gasteiger partial charge >= 0.3 is 18.2 Å². The summed E-state index contributed by atoms with van der Waals surface area (Å²) in [5, 5.41) is 6.95. The molecular weight excluding hydrogens is 867 g/mol. The lowest BCUT2D eigenvalue weighted by Gasteiger charge is -2.63. The summed E-state index contributed by atoms with van der Waals surface area (Å²) in [6.45, 7) is 38.0. The van der Waals surface area contributed by atoms with E-state index in [4.69, 9.17) is 18.6 Å². The van der Waals surface area contributed by atoms with E-state index >= 15 is 0 Å². The second kappa shape index (κ2) is 22.8. The molecule has 4 aliphatic rings. The van der Waals surface area contributed by atoms with Gasteiger partial charge in [-0.05, 0) is 208 Å². The third-order valence-corrected chi connectivity index (χ3v) is 22.3. The molecule has 4 fully saturated rings. The molecule has 5 rings (SSSR count). The Morgan fingerprint density at radius 1 is 0.765 bits per heavy atom. The standard InChI is InChI=1S/C57H99N3O7Si/c1-39(2)47(67-68(15,16)55(10,11)12)28-25-40(3)44-26-27-45-49-46(30-32-57(44,45)14)56(13)31-29-43(37-42(56)38-48(49)64-50(61)41-23-18-17-19-24-41)58-34-22-36-60(52(63)66-54(7,8)9)35-21-20-33-59-51(62)65-53(4,5)6/h17-19,23-24,39-40,42-49,58H,20-22,25-38H2,1-16H3,(H,59,62)/t40-,42?,43?,44-,45+,46+,47?,48-,49+,56+,57-/m1/s1. The molecule has 3 unspecified atom stereocenters. The van der Waals surface area contributed by atoms with Crippen molar-refractivity contribution in [2.75, 3.05) is 26.2 Å². The smallest absolute Gasteiger partial charge is 0.410 e. The number of rotatable bonds is 19. The summed E-state index contributed by atoms with van der Waals surface area (Å²) in [4.78, 5) is 41.3. The van der Waals surface area contributed by atoms with Crippen molar-refractivity contribution in [2.24, 2.45) is 52.3 Å². The van der Waals surface area contributed by atoms with Gasteiger partial charge in [0.2, 0.25) is 0 Å². The predicted octanol–water partition coefficient (Wildman–Crippen LogP) is 13.8. The Bertz CT molecular complexity index is 1790. The summed E-state index contributed by atoms with van der Waals surface area (Å²) in [5.41, 5.74) is -0.0361. The van der Waals surface area contributed by atoms with Crippen molar-refractivity contribution in [1.29, 1.82) is 0 Å². The first-order valence-corrected chi connectivity index (χ1v) is 30.1. The lowest BCUT2D eigenvalue weighted by atomic mass is 9.43. The van der Waals surface area contributed by atoms with Crippen LogP contribution < -0.4 is 10.6 Å². The highest BCUT2D eigenvalue weighted by Gasteiger charge is 2.64. The number of carbonyl (C=O) groups is 3. The molecule has 0 bridgehead atoms. The Morgan fingerprint density at radius 2 is 1.40 bits per heavy atom. The molecule has 10 nitrogen and oxygen atoms in total. The van der Waals surface area contributed by atoms with E-state index in [1.165, 1.54) is 38.5 Å². The van der Waals surface area contributed by atoms with E-state index in [0.29, 0.717) is 78.8 Å². The number of esters is 1. The van der Waals surface area contributed by atoms with Gasteiger partial charge in [0.15, 0.2) is 8.32 Å². The molecule has 2 N–H and O–H groups in total. The number of carbonyl (C=O) groups excluding carboxylic acids is 3. The predicted molar refractivity (Wildman–Crippen MR) is 279 cm³/mol. The fourth-order valence-electron chi connectivity index (χ4n) is 13.1. The average Bonchev–Trinajstić information content (AvgIpc) is 3.58. The molecule has 4 saturated carbocycles. The molecule has 1 aromatic rings. The molecule has 0 saturated heterocycles. The SMILES string of the molecule is CC(C)C(CC[C@@H](C)[C@H]1CC[C@H]2[C@@H]3[C@H](OC(=O)c4ccccc4)CC4CC(NCCCN(CCCCNC(=O)OC(C)(C)C)C(=O)OC(C)(C)C)CC[C@]4(C)[C@H]3CC[C@]12C)O[Si](C)(C)C(C)(C)C. The van der Waals surface area contributed by atoms with Crippen LogP contribution in [0.4, 0.5) is 9.59 Å². The van der Waals surface area contributed by atoms with Crippen molar-refractivity contribution in [1.82, 2.24) is 15.5 Å². The van der Waals surface area contributed by atoms with Crippen LogP contribution in [-0.4, -0.2) is 87.0 Å². The molecule has 1 aromatic carbocycles. The molecule has 0 heterocycles. The summed E-state index contributed by atoms with van der Waals surface area (Å²) >= 11 is 0. The Labute approximate surface area is 415 Å². The first-order chi connectivity index (χ1) is 31.5. The van der Waals surface area contributed by atoms with Gasteiger partial charge in [0.1, 0.15) is 17.3 Å². The van der Waals surface area contributed by atoms with Crippen molar-refractivity contribution in [3.8, 4) is 0 Å². The number of alkyl carbamates (subject to hydrolysis) is 1. The van der Waals surface area contributed by atoms with Crippen LogP contribution in [0.3, 0.4) is 0 Å². The average molecular weight is 967 g/mol. The molecule has 2 amide bonds. The summed E-state index contributed by atoms with van der Waals surface area (Å²) in [6.07, 6.45) is 13.4. The molecule has 11 atom stereocenters. The van der Waals surface area contributed by atoms with Gasteiger partial charge in [-0.3, -0.25) is 0 Å². The summed E-state index contributed by atoms with van der Waals surface area (Å²) in [6, 6.07) is 10.0. The van der Waals surface area contributed by atoms with E-state index < -0.39 is 25.6 Å². The maximum Gasteiger partial charge on any atom is 0.410 e. The van der Waals surface area contributed by atoms with Crippen LogP contribution in [0.5, 0.6) is 0 Å². The van der Waals surface area contributed by atoms with Crippen LogP contribution >= 0.6 is 0 Å². The van der Waals surface area contributed by atoms with Crippen molar-refractivity contribution in [3.05, 3.63) is 35.9 Å². The zero-order valence-electron chi connectivity index (χ0n) is 46.0. The number of unbranched alkanes of at least 4 members (excludes halogenated alkanes) is 1. The van der Waals surface area contributed by atoms with Crippen LogP contribution in [0.2, 0.25) is 18.1 Å². The van der Waals surface area contributed by atoms with Crippen LogP contribution in [-0.2, 0) is 18.6 Å². The minimum absolute atomic E-state index is 0.0896. The number of nitrogens with zero attached hydrogens (tertiary/aromatic N) is 1. The lowest BCUT2D eigenvalue weighted by molar-refractivity contribution is -0.168. The van der Waals surface area contributed by atoms with E-state index in [0.717, 1.165) is 51.5 Å². The minimum Gasteiger partial charge on any atom is -0.458 e. The fraction of sp³-hybridized carbons (Fsp3) is 0.842. The summed E-state index contributed by atoms with van der Waals surface area (Å²) in [5.74, 6) is 3.54. The summed E-state index contributed by atoms with van der Waals surface area (Å²) < 4.78 is 25.1. The molecule has 68 heavy (non-hydrogen) atoms. The molecular formula is C57H99N3O7Si. The molecule has 0 spiro atoms. The second-order valence-electron chi connectivity index (χ2n) is 26.4. The Morgan fingerprint density at radius 3 is 2.03 bits per heavy atom. The van der Waals surface area contributed by atoms with Crippen LogP contribution in [0.1, 0.15) is 191 Å². The molecule has 388 valence electrons. The number of nitrogens with one attached hydrogen (secondary N) is 2. The minimum atomic E-state index is -1.88. The molecule has 0 radical (unpaired) electrons. The first-order valence-electron chi connectivity index (χ1n) is 27.2. The molecule has 4 aliphatic carbocycles. The van der Waals surface area contributed by atoms with Gasteiger partial charge in [-0.25, -0.2) is 14.4 Å². The third-order valence-electron chi connectivity index (χ3n) is 17.8. The Kier molecular flexibility index (Phi) is 18.9. The number of ether oxygens (including phenoxy) is 3. The maximum atomic E-state index is 14.0. The van der Waals surface area contributed by atoms with Crippen molar-refractivity contribution >= 4 is 26.5 Å². The van der Waals surface area contributed by atoms with Crippen LogP contribution in [0.15, 0.2) is 30.3 Å². The number of amides is 2. The summed E-state index contributed by atoms with van der Waals surface area (Å²) in [7, 11) is -1.88. The van der Waals surface area contributed by atoms with Gasteiger partial charge in [0.05, 0.1) is 5.56 Å². The number of hydrogen-bond acceptors (Lipinski definition) is 8. The largest absolute Gasteiger partial charge is 0.458 e. The number of hydrogen-bond donors (Lipinski definition) is 2. The van der Waals surface area contributed by atoms with E-state index in [1.807, 2.05) is 76.8 Å². The molecule has 11 heteroatoms. The van der Waals surface area contributed by atoms with Gasteiger partial charge in [0, 0.05) is 37.7 Å². The van der Waals surface area contributed by atoms with E-state index in [9.17, 15) is 14.4 Å². The highest BCUT2D eigenvalue weighted by molar-refractivity contribution is 6.74. The highest BCUT2D eigenvalue weighted by atomic mass is 28.4. The topological polar surface area (TPSA) is 115 Å². The molecule has 0 aromatic heterocycles. The first kappa shape index (κ1) is 56.3. The van der Waals surface area contributed by atoms with E-state index in [-0.39, 0.29) is 34.0 Å². The quantitative estimate of drug-likeness (QED) is 0.0610. The van der Waals surface area contributed by atoms with Gasteiger partial charge in [-0.15, -0.1) is 0 Å². The zero-order chi connectivity index (χ0) is 50.5. The van der Waals surface area contributed by atoms with Crippen molar-refractivity contribution in [3.63, 3.8) is 0 Å². The van der Waals surface area contributed by atoms with Gasteiger partial charge in [-0.2, -0.15) is 0 Å². The lowest BCUT2D eigenvalue weighted by Crippen LogP contribution is -2.60. The Balaban J connectivity index is 1.23. The monoisotopic (exact) mass is 966 g/mol. The highest BCUT2D eigenvalue weighted by Crippen LogP contribution is 2.69. The fourth-order valence-corrected chi connectivity index (χ4v) is 14.6. The van der Waals surface area contributed by atoms with Crippen LogP contribution in [0.25, 0.3) is 0 Å². The van der Waals surface area contributed by atoms with Gasteiger partial charge < -0.3 is 34.2 Å². The zero-order valence-corrected chi connectivity index (χ0v) is 47.0. The van der Waals surface area contributed by atoms with E-state index in [2.05, 4.69) is 79.1 Å². The van der Waals surface area contributed by atoms with Gasteiger partial charge in [0.25, 0.3) is 0 Å². The number of fused-ring (bicyclic) bond motifs is 5. The van der Waals surface area contributed by atoms with Crippen molar-refractivity contribution < 1.29 is 33.0 Å². The Hall–Kier alpha value is -2.63.